The molecule has 1 nitrogen and oxygen atoms in total. The molecule has 0 N–H and O–H groups in total. The lowest BCUT2D eigenvalue weighted by molar-refractivity contribution is -0.870. The Morgan fingerprint density at radius 1 is 0.526 bits per heavy atom. The lowest BCUT2D eigenvalue weighted by Crippen LogP contribution is -2.35. The maximum atomic E-state index is 2.29. The zero-order chi connectivity index (χ0) is 13.7. The third kappa shape index (κ3) is 20.9. The fraction of sp³-hybridized carbons (Fsp3) is 1.00. The second-order valence-corrected chi connectivity index (χ2v) is 6.90. The van der Waals surface area contributed by atoms with E-state index in [9.17, 15) is 0 Å². The van der Waals surface area contributed by atoms with Gasteiger partial charge in [0, 0.05) is 0 Å². The van der Waals surface area contributed by atoms with Gasteiger partial charge in [-0.3, -0.25) is 0 Å². The summed E-state index contributed by atoms with van der Waals surface area (Å²) in [4.78, 5) is 0. The van der Waals surface area contributed by atoms with E-state index in [1.807, 2.05) is 0 Å². The normalized spacial score (nSPS) is 11.4. The molecule has 0 rings (SSSR count). The van der Waals surface area contributed by atoms with E-state index in [2.05, 4.69) is 28.1 Å². The van der Waals surface area contributed by atoms with Gasteiger partial charge in [0.2, 0.25) is 0 Å². The molecule has 1 atom stereocenters. The average molecular weight is 290 g/mol. The molecule has 0 aliphatic heterocycles. The van der Waals surface area contributed by atoms with Gasteiger partial charge in [-0.25, -0.2) is 0 Å². The van der Waals surface area contributed by atoms with Crippen LogP contribution in [-0.4, -0.2) is 32.2 Å². The molecule has 0 spiro atoms. The SMILES string of the molecule is CCCCCCCCCCCCCC[N+](C)(C)C.P. The molecule has 19 heavy (non-hydrogen) atoms. The first-order chi connectivity index (χ1) is 8.56. The van der Waals surface area contributed by atoms with Crippen molar-refractivity contribution in [3.8, 4) is 0 Å². The molecule has 2 heteroatoms. The number of hydrogen-bond donors (Lipinski definition) is 0. The van der Waals surface area contributed by atoms with Crippen molar-refractivity contribution in [2.45, 2.75) is 84.0 Å². The van der Waals surface area contributed by atoms with Crippen LogP contribution in [0.15, 0.2) is 0 Å². The monoisotopic (exact) mass is 290 g/mol. The molecular weight excluding hydrogens is 249 g/mol. The van der Waals surface area contributed by atoms with Gasteiger partial charge in [-0.15, -0.1) is 0 Å². The molecule has 0 aliphatic carbocycles. The molecular formula is C17H41NP+. The van der Waals surface area contributed by atoms with Crippen LogP contribution in [0, 0.1) is 0 Å². The first-order valence-corrected chi connectivity index (χ1v) is 8.36. The summed E-state index contributed by atoms with van der Waals surface area (Å²) < 4.78 is 1.12. The van der Waals surface area contributed by atoms with Crippen molar-refractivity contribution in [3.05, 3.63) is 0 Å². The van der Waals surface area contributed by atoms with Crippen molar-refractivity contribution < 1.29 is 4.48 Å². The molecule has 0 saturated carbocycles. The molecule has 0 aliphatic rings. The Hall–Kier alpha value is 0.390. The fourth-order valence-electron chi connectivity index (χ4n) is 2.43. The van der Waals surface area contributed by atoms with E-state index in [1.54, 1.807) is 0 Å². The minimum Gasteiger partial charge on any atom is -0.331 e. The Morgan fingerprint density at radius 2 is 0.842 bits per heavy atom. The second kappa shape index (κ2) is 14.8. The van der Waals surface area contributed by atoms with Crippen molar-refractivity contribution in [1.29, 1.82) is 0 Å². The molecule has 0 bridgehead atoms. The molecule has 0 saturated heterocycles. The molecule has 0 amide bonds. The average Bonchev–Trinajstić information content (AvgIpc) is 2.29. The predicted octanol–water partition coefficient (Wildman–Crippen LogP) is 5.45. The third-order valence-electron chi connectivity index (χ3n) is 3.68. The minimum absolute atomic E-state index is 0. The van der Waals surface area contributed by atoms with Crippen LogP contribution in [0.3, 0.4) is 0 Å². The van der Waals surface area contributed by atoms with Gasteiger partial charge in [-0.1, -0.05) is 71.1 Å². The van der Waals surface area contributed by atoms with Crippen molar-refractivity contribution in [2.75, 3.05) is 27.7 Å². The van der Waals surface area contributed by atoms with E-state index in [1.165, 1.54) is 83.6 Å². The van der Waals surface area contributed by atoms with Crippen LogP contribution in [0.1, 0.15) is 84.0 Å². The molecule has 118 valence electrons. The molecule has 0 aromatic rings. The predicted molar refractivity (Wildman–Crippen MR) is 95.1 cm³/mol. The topological polar surface area (TPSA) is 0 Å². The van der Waals surface area contributed by atoms with Gasteiger partial charge in [0.25, 0.3) is 0 Å². The summed E-state index contributed by atoms with van der Waals surface area (Å²) in [6, 6.07) is 0. The number of nitrogens with zero attached hydrogens (tertiary/aromatic N) is 1. The fourth-order valence-corrected chi connectivity index (χ4v) is 2.43. The summed E-state index contributed by atoms with van der Waals surface area (Å²) in [7, 11) is 6.87. The van der Waals surface area contributed by atoms with Crippen LogP contribution in [0.2, 0.25) is 0 Å². The Labute approximate surface area is 126 Å². The highest BCUT2D eigenvalue weighted by atomic mass is 31.0. The van der Waals surface area contributed by atoms with E-state index >= 15 is 0 Å². The molecule has 0 radical (unpaired) electrons. The van der Waals surface area contributed by atoms with E-state index in [4.69, 9.17) is 0 Å². The van der Waals surface area contributed by atoms with Crippen LogP contribution in [0.5, 0.6) is 0 Å². The van der Waals surface area contributed by atoms with Crippen LogP contribution in [0.4, 0.5) is 0 Å². The van der Waals surface area contributed by atoms with Crippen molar-refractivity contribution >= 4 is 9.90 Å². The number of rotatable bonds is 13. The summed E-state index contributed by atoms with van der Waals surface area (Å²) in [6.45, 7) is 3.62. The second-order valence-electron chi connectivity index (χ2n) is 6.90. The zero-order valence-electron chi connectivity index (χ0n) is 14.3. The highest BCUT2D eigenvalue weighted by Gasteiger charge is 2.04. The Kier molecular flexibility index (Phi) is 16.9. The lowest BCUT2D eigenvalue weighted by atomic mass is 10.1. The van der Waals surface area contributed by atoms with E-state index in [-0.39, 0.29) is 9.90 Å². The maximum absolute atomic E-state index is 2.29. The Bertz CT molecular complexity index is 163. The summed E-state index contributed by atoms with van der Waals surface area (Å²) >= 11 is 0. The van der Waals surface area contributed by atoms with Gasteiger partial charge in [0.1, 0.15) is 0 Å². The first-order valence-electron chi connectivity index (χ1n) is 8.36. The number of hydrogen-bond acceptors (Lipinski definition) is 0. The lowest BCUT2D eigenvalue weighted by Gasteiger charge is -2.23. The number of quaternary nitrogens is 1. The van der Waals surface area contributed by atoms with Crippen LogP contribution < -0.4 is 0 Å². The van der Waals surface area contributed by atoms with Gasteiger partial charge < -0.3 is 4.48 Å². The first kappa shape index (κ1) is 21.7. The van der Waals surface area contributed by atoms with Crippen molar-refractivity contribution in [3.63, 3.8) is 0 Å². The van der Waals surface area contributed by atoms with Crippen LogP contribution in [0.25, 0.3) is 0 Å². The summed E-state index contributed by atoms with van der Waals surface area (Å²) in [6.07, 6.45) is 17.4. The molecule has 0 aromatic carbocycles. The smallest absolute Gasteiger partial charge is 0.0780 e. The number of unbranched alkanes of at least 4 members (excludes halogenated alkanes) is 11. The van der Waals surface area contributed by atoms with Crippen molar-refractivity contribution in [1.82, 2.24) is 0 Å². The molecule has 0 aromatic heterocycles. The quantitative estimate of drug-likeness (QED) is 0.240. The minimum atomic E-state index is 0. The largest absolute Gasteiger partial charge is 0.331 e. The maximum Gasteiger partial charge on any atom is 0.0780 e. The van der Waals surface area contributed by atoms with Crippen molar-refractivity contribution in [2.24, 2.45) is 0 Å². The Balaban J connectivity index is 0. The zero-order valence-corrected chi connectivity index (χ0v) is 15.8. The van der Waals surface area contributed by atoms with Crippen LogP contribution in [-0.2, 0) is 0 Å². The summed E-state index contributed by atoms with van der Waals surface area (Å²) in [5, 5.41) is 0. The Morgan fingerprint density at radius 3 is 1.16 bits per heavy atom. The summed E-state index contributed by atoms with van der Waals surface area (Å²) in [5.74, 6) is 0. The molecule has 0 heterocycles. The van der Waals surface area contributed by atoms with Crippen LogP contribution >= 0.6 is 9.90 Å². The standard InChI is InChI=1S/C17H38N.H3P/c1-5-6-7-8-9-10-11-12-13-14-15-16-17-18(2,3)4;/h5-17H2,1-4H3;1H3/q+1;. The van der Waals surface area contributed by atoms with Gasteiger partial charge >= 0.3 is 0 Å². The molecule has 1 unspecified atom stereocenters. The van der Waals surface area contributed by atoms with Gasteiger partial charge in [-0.05, 0) is 12.8 Å². The summed E-state index contributed by atoms with van der Waals surface area (Å²) in [5.41, 5.74) is 0. The highest BCUT2D eigenvalue weighted by Crippen LogP contribution is 2.12. The molecule has 0 fully saturated rings. The van der Waals surface area contributed by atoms with Gasteiger partial charge in [0.15, 0.2) is 0 Å². The van der Waals surface area contributed by atoms with E-state index < -0.39 is 0 Å². The highest BCUT2D eigenvalue weighted by molar-refractivity contribution is 6.92. The van der Waals surface area contributed by atoms with E-state index in [0.29, 0.717) is 0 Å². The van der Waals surface area contributed by atoms with Gasteiger partial charge in [-0.2, -0.15) is 9.90 Å². The third-order valence-corrected chi connectivity index (χ3v) is 3.68. The van der Waals surface area contributed by atoms with Gasteiger partial charge in [0.05, 0.1) is 27.7 Å². The van der Waals surface area contributed by atoms with E-state index in [0.717, 1.165) is 4.48 Å².